The first-order valence-electron chi connectivity index (χ1n) is 5.36. The van der Waals surface area contributed by atoms with Crippen molar-refractivity contribution in [1.29, 1.82) is 0 Å². The number of aromatic nitrogens is 3. The molecule has 1 aromatic carbocycles. The van der Waals surface area contributed by atoms with Gasteiger partial charge in [-0.15, -0.1) is 11.3 Å². The number of hydrogen-bond acceptors (Lipinski definition) is 6. The summed E-state index contributed by atoms with van der Waals surface area (Å²) in [4.78, 5) is 12.8. The Morgan fingerprint density at radius 3 is 2.72 bits per heavy atom. The molecule has 2 aromatic heterocycles. The van der Waals surface area contributed by atoms with E-state index in [2.05, 4.69) is 20.3 Å². The van der Waals surface area contributed by atoms with Crippen LogP contribution in [0.2, 0.25) is 0 Å². The molecule has 0 saturated carbocycles. The maximum atomic E-state index is 9.41. The molecule has 3 rings (SSSR count). The smallest absolute Gasteiger partial charge is 0.222 e. The van der Waals surface area contributed by atoms with Crippen molar-refractivity contribution in [2.24, 2.45) is 0 Å². The van der Waals surface area contributed by atoms with Crippen molar-refractivity contribution in [2.75, 3.05) is 12.4 Å². The minimum Gasteiger partial charge on any atom is -0.508 e. The molecule has 6 heteroatoms. The quantitative estimate of drug-likeness (QED) is 0.739. The molecule has 18 heavy (non-hydrogen) atoms. The van der Waals surface area contributed by atoms with Crippen LogP contribution in [0, 0.1) is 0 Å². The van der Waals surface area contributed by atoms with Crippen molar-refractivity contribution in [1.82, 2.24) is 15.0 Å². The topological polar surface area (TPSA) is 70.9 Å². The van der Waals surface area contributed by atoms with Gasteiger partial charge in [0.25, 0.3) is 0 Å². The molecule has 0 atom stereocenters. The van der Waals surface area contributed by atoms with Crippen molar-refractivity contribution in [3.8, 4) is 16.3 Å². The lowest BCUT2D eigenvalue weighted by molar-refractivity contribution is 0.476. The van der Waals surface area contributed by atoms with Gasteiger partial charge >= 0.3 is 0 Å². The van der Waals surface area contributed by atoms with Gasteiger partial charge in [-0.05, 0) is 12.1 Å². The van der Waals surface area contributed by atoms with Gasteiger partial charge in [0.05, 0.1) is 10.2 Å². The van der Waals surface area contributed by atoms with E-state index in [4.69, 9.17) is 0 Å². The largest absolute Gasteiger partial charge is 0.508 e. The van der Waals surface area contributed by atoms with Gasteiger partial charge in [0, 0.05) is 31.1 Å². The normalized spacial score (nSPS) is 10.7. The molecule has 2 heterocycles. The SMILES string of the molecule is CNc1ncc(-c2nc3cc(O)ccc3s2)cn1. The molecule has 90 valence electrons. The number of anilines is 1. The lowest BCUT2D eigenvalue weighted by Gasteiger charge is -1.97. The monoisotopic (exact) mass is 258 g/mol. The van der Waals surface area contributed by atoms with Crippen LogP contribution in [-0.2, 0) is 0 Å². The summed E-state index contributed by atoms with van der Waals surface area (Å²) in [7, 11) is 1.77. The maximum absolute atomic E-state index is 9.41. The number of nitrogens with zero attached hydrogens (tertiary/aromatic N) is 3. The Morgan fingerprint density at radius 2 is 2.00 bits per heavy atom. The molecule has 3 aromatic rings. The van der Waals surface area contributed by atoms with E-state index >= 15 is 0 Å². The van der Waals surface area contributed by atoms with Gasteiger partial charge in [-0.25, -0.2) is 15.0 Å². The van der Waals surface area contributed by atoms with Crippen LogP contribution in [0.3, 0.4) is 0 Å². The molecule has 0 unspecified atom stereocenters. The van der Waals surface area contributed by atoms with Crippen LogP contribution in [0.25, 0.3) is 20.8 Å². The number of hydrogen-bond donors (Lipinski definition) is 2. The standard InChI is InChI=1S/C12H10N4OS/c1-13-12-14-5-7(6-15-12)11-16-9-4-8(17)2-3-10(9)18-11/h2-6,17H,1H3,(H,13,14,15). The van der Waals surface area contributed by atoms with Gasteiger partial charge in [-0.2, -0.15) is 0 Å². The second-order valence-corrected chi connectivity index (χ2v) is 4.75. The highest BCUT2D eigenvalue weighted by Gasteiger charge is 2.07. The first-order valence-corrected chi connectivity index (χ1v) is 6.17. The fraction of sp³-hybridized carbons (Fsp3) is 0.0833. The highest BCUT2D eigenvalue weighted by atomic mass is 32.1. The fourth-order valence-electron chi connectivity index (χ4n) is 1.61. The van der Waals surface area contributed by atoms with E-state index in [1.807, 2.05) is 6.07 Å². The average molecular weight is 258 g/mol. The molecule has 0 aliphatic carbocycles. The number of phenolic OH excluding ortho intramolecular Hbond substituents is 1. The second-order valence-electron chi connectivity index (χ2n) is 3.72. The van der Waals surface area contributed by atoms with Crippen LogP contribution in [0.4, 0.5) is 5.95 Å². The first-order chi connectivity index (χ1) is 8.76. The number of thiazole rings is 1. The number of rotatable bonds is 2. The van der Waals surface area contributed by atoms with Crippen LogP contribution in [0.15, 0.2) is 30.6 Å². The molecule has 0 aliphatic heterocycles. The number of nitrogens with one attached hydrogen (secondary N) is 1. The van der Waals surface area contributed by atoms with Crippen LogP contribution in [-0.4, -0.2) is 27.1 Å². The Hall–Kier alpha value is -2.21. The molecule has 0 fully saturated rings. The molecular weight excluding hydrogens is 248 g/mol. The highest BCUT2D eigenvalue weighted by Crippen LogP contribution is 2.31. The maximum Gasteiger partial charge on any atom is 0.222 e. The van der Waals surface area contributed by atoms with Crippen molar-refractivity contribution in [2.45, 2.75) is 0 Å². The van der Waals surface area contributed by atoms with Crippen molar-refractivity contribution >= 4 is 27.5 Å². The van der Waals surface area contributed by atoms with E-state index in [1.54, 1.807) is 42.9 Å². The van der Waals surface area contributed by atoms with E-state index in [0.29, 0.717) is 5.95 Å². The molecule has 5 nitrogen and oxygen atoms in total. The van der Waals surface area contributed by atoms with Gasteiger partial charge in [0.15, 0.2) is 0 Å². The third kappa shape index (κ3) is 1.86. The molecule has 0 saturated heterocycles. The Morgan fingerprint density at radius 1 is 1.22 bits per heavy atom. The van der Waals surface area contributed by atoms with Crippen LogP contribution < -0.4 is 5.32 Å². The van der Waals surface area contributed by atoms with Crippen LogP contribution in [0.1, 0.15) is 0 Å². The number of benzene rings is 1. The molecule has 0 spiro atoms. The Balaban J connectivity index is 2.07. The zero-order chi connectivity index (χ0) is 12.5. The predicted molar refractivity (Wildman–Crippen MR) is 71.9 cm³/mol. The molecule has 0 amide bonds. The van der Waals surface area contributed by atoms with Gasteiger partial charge < -0.3 is 10.4 Å². The number of aromatic hydroxyl groups is 1. The van der Waals surface area contributed by atoms with E-state index in [9.17, 15) is 5.11 Å². The zero-order valence-corrected chi connectivity index (χ0v) is 10.4. The van der Waals surface area contributed by atoms with E-state index in [0.717, 1.165) is 20.8 Å². The summed E-state index contributed by atoms with van der Waals surface area (Å²) in [5.74, 6) is 0.804. The van der Waals surface area contributed by atoms with Gasteiger partial charge in [-0.3, -0.25) is 0 Å². The summed E-state index contributed by atoms with van der Waals surface area (Å²) in [6.45, 7) is 0. The van der Waals surface area contributed by atoms with Crippen LogP contribution in [0.5, 0.6) is 5.75 Å². The second kappa shape index (κ2) is 4.23. The molecular formula is C12H10N4OS. The summed E-state index contributed by atoms with van der Waals surface area (Å²) < 4.78 is 1.03. The molecule has 0 bridgehead atoms. The summed E-state index contributed by atoms with van der Waals surface area (Å²) >= 11 is 1.55. The highest BCUT2D eigenvalue weighted by molar-refractivity contribution is 7.21. The zero-order valence-electron chi connectivity index (χ0n) is 9.58. The molecule has 0 aliphatic rings. The van der Waals surface area contributed by atoms with Crippen molar-refractivity contribution in [3.63, 3.8) is 0 Å². The minimum absolute atomic E-state index is 0.223. The molecule has 2 N–H and O–H groups in total. The molecule has 0 radical (unpaired) electrons. The predicted octanol–water partition coefficient (Wildman–Crippen LogP) is 2.50. The van der Waals surface area contributed by atoms with Gasteiger partial charge in [0.2, 0.25) is 5.95 Å². The van der Waals surface area contributed by atoms with Gasteiger partial charge in [-0.1, -0.05) is 0 Å². The van der Waals surface area contributed by atoms with E-state index < -0.39 is 0 Å². The number of phenols is 1. The summed E-state index contributed by atoms with van der Waals surface area (Å²) in [6, 6.07) is 5.16. The lowest BCUT2D eigenvalue weighted by atomic mass is 10.3. The third-order valence-corrected chi connectivity index (χ3v) is 3.58. The lowest BCUT2D eigenvalue weighted by Crippen LogP contribution is -1.95. The minimum atomic E-state index is 0.223. The summed E-state index contributed by atoms with van der Waals surface area (Å²) in [6.07, 6.45) is 3.47. The first kappa shape index (κ1) is 10.9. The van der Waals surface area contributed by atoms with Crippen molar-refractivity contribution in [3.05, 3.63) is 30.6 Å². The average Bonchev–Trinajstić information content (AvgIpc) is 2.81. The fourth-order valence-corrected chi connectivity index (χ4v) is 2.53. The number of fused-ring (bicyclic) bond motifs is 1. The summed E-state index contributed by atoms with van der Waals surface area (Å²) in [5, 5.41) is 13.1. The van der Waals surface area contributed by atoms with Crippen molar-refractivity contribution < 1.29 is 5.11 Å². The summed E-state index contributed by atoms with van der Waals surface area (Å²) in [5.41, 5.74) is 1.65. The van der Waals surface area contributed by atoms with Gasteiger partial charge in [0.1, 0.15) is 10.8 Å². The Kier molecular flexibility index (Phi) is 2.56. The third-order valence-electron chi connectivity index (χ3n) is 2.49. The van der Waals surface area contributed by atoms with E-state index in [-0.39, 0.29) is 5.75 Å². The van der Waals surface area contributed by atoms with E-state index in [1.165, 1.54) is 0 Å². The Labute approximate surface area is 107 Å². The van der Waals surface area contributed by atoms with Crippen LogP contribution >= 0.6 is 11.3 Å². The Bertz CT molecular complexity index is 693.